The van der Waals surface area contributed by atoms with Crippen molar-refractivity contribution in [1.29, 1.82) is 0 Å². The second-order valence-electron chi connectivity index (χ2n) is 6.38. The van der Waals surface area contributed by atoms with E-state index in [4.69, 9.17) is 5.11 Å². The number of benzene rings is 2. The van der Waals surface area contributed by atoms with Crippen LogP contribution >= 0.6 is 0 Å². The molecule has 0 aromatic heterocycles. The van der Waals surface area contributed by atoms with Crippen molar-refractivity contribution in [1.82, 2.24) is 0 Å². The third kappa shape index (κ3) is 3.73. The van der Waals surface area contributed by atoms with E-state index in [0.29, 0.717) is 22.7 Å². The van der Waals surface area contributed by atoms with Gasteiger partial charge in [-0.3, -0.25) is 9.69 Å². The summed E-state index contributed by atoms with van der Waals surface area (Å²) in [7, 11) is 1.45. The highest BCUT2D eigenvalue weighted by atomic mass is 16.4. The number of carbonyl (C=O) groups excluding carboxylic acids is 1. The van der Waals surface area contributed by atoms with Crippen LogP contribution in [0.15, 0.2) is 65.4 Å². The molecule has 0 atom stereocenters. The maximum Gasteiger partial charge on any atom is 0.411 e. The first-order valence-corrected chi connectivity index (χ1v) is 8.93. The third-order valence-corrected chi connectivity index (χ3v) is 4.58. The van der Waals surface area contributed by atoms with Crippen molar-refractivity contribution in [3.63, 3.8) is 0 Å². The molecule has 7 heteroatoms. The number of rotatable bonds is 5. The number of nitrogens with zero attached hydrogens (tertiary/aromatic N) is 3. The van der Waals surface area contributed by atoms with Crippen molar-refractivity contribution in [2.45, 2.75) is 20.3 Å². The molecule has 144 valence electrons. The van der Waals surface area contributed by atoms with Gasteiger partial charge in [-0.05, 0) is 43.2 Å². The minimum absolute atomic E-state index is 0.269. The number of aryl methyl sites for hydroxylation is 1. The van der Waals surface area contributed by atoms with E-state index in [2.05, 4.69) is 17.3 Å². The van der Waals surface area contributed by atoms with Crippen molar-refractivity contribution in [3.8, 4) is 0 Å². The van der Waals surface area contributed by atoms with Crippen LogP contribution in [-0.2, 0) is 11.2 Å². The lowest BCUT2D eigenvalue weighted by Crippen LogP contribution is -2.25. The summed E-state index contributed by atoms with van der Waals surface area (Å²) in [5.41, 5.74) is 4.11. The molecule has 0 bridgehead atoms. The molecule has 0 saturated heterocycles. The number of hydrazone groups is 1. The van der Waals surface area contributed by atoms with Crippen molar-refractivity contribution in [2.75, 3.05) is 22.3 Å². The first kappa shape index (κ1) is 19.2. The van der Waals surface area contributed by atoms with E-state index in [9.17, 15) is 9.59 Å². The van der Waals surface area contributed by atoms with E-state index in [1.54, 1.807) is 37.4 Å². The zero-order valence-corrected chi connectivity index (χ0v) is 16.0. The normalized spacial score (nSPS) is 15.0. The van der Waals surface area contributed by atoms with Crippen LogP contribution in [0.5, 0.6) is 0 Å². The Bertz CT molecular complexity index is 981. The van der Waals surface area contributed by atoms with Crippen LogP contribution in [-0.4, -0.2) is 29.9 Å². The highest BCUT2D eigenvalue weighted by Gasteiger charge is 2.29. The molecule has 2 aromatic rings. The van der Waals surface area contributed by atoms with E-state index in [1.165, 1.54) is 12.1 Å². The van der Waals surface area contributed by atoms with Gasteiger partial charge in [0.05, 0.1) is 17.0 Å². The van der Waals surface area contributed by atoms with E-state index < -0.39 is 6.09 Å². The van der Waals surface area contributed by atoms with Crippen LogP contribution in [0.2, 0.25) is 0 Å². The first-order chi connectivity index (χ1) is 13.4. The Morgan fingerprint density at radius 2 is 2.00 bits per heavy atom. The molecule has 0 radical (unpaired) electrons. The molecule has 0 unspecified atom stereocenters. The van der Waals surface area contributed by atoms with Gasteiger partial charge in [-0.15, -0.1) is 0 Å². The number of amides is 2. The minimum atomic E-state index is -1.08. The quantitative estimate of drug-likeness (QED) is 0.768. The lowest BCUT2D eigenvalue weighted by Gasteiger charge is -2.17. The molecule has 0 fully saturated rings. The molecule has 2 aromatic carbocycles. The fourth-order valence-corrected chi connectivity index (χ4v) is 2.92. The molecule has 3 rings (SSSR count). The average Bonchev–Trinajstić information content (AvgIpc) is 2.99. The highest BCUT2D eigenvalue weighted by Crippen LogP contribution is 2.27. The van der Waals surface area contributed by atoms with Gasteiger partial charge in [0, 0.05) is 24.6 Å². The summed E-state index contributed by atoms with van der Waals surface area (Å²) in [6.07, 6.45) is 1.47. The topological polar surface area (TPSA) is 85.2 Å². The zero-order valence-electron chi connectivity index (χ0n) is 16.0. The number of para-hydroxylation sites is 1. The van der Waals surface area contributed by atoms with E-state index in [0.717, 1.165) is 22.6 Å². The summed E-state index contributed by atoms with van der Waals surface area (Å²) in [4.78, 5) is 25.1. The molecule has 1 aliphatic rings. The molecule has 28 heavy (non-hydrogen) atoms. The lowest BCUT2D eigenvalue weighted by molar-refractivity contribution is -0.114. The van der Waals surface area contributed by atoms with Gasteiger partial charge in [-0.2, -0.15) is 10.1 Å². The standard InChI is InChI=1S/C21H22N4O3/c1-4-15-8-5-6-11-19(15)22-13-18-14(2)23-25(20(18)26)17-10-7-9-16(12-17)24(3)21(27)28/h5-13,22H,4H2,1-3H3,(H,27,28)/b18-13+. The van der Waals surface area contributed by atoms with E-state index in [-0.39, 0.29) is 5.91 Å². The van der Waals surface area contributed by atoms with Crippen molar-refractivity contribution >= 4 is 34.8 Å². The Hall–Kier alpha value is -3.61. The molecule has 0 spiro atoms. The lowest BCUT2D eigenvalue weighted by atomic mass is 10.1. The average molecular weight is 378 g/mol. The summed E-state index contributed by atoms with van der Waals surface area (Å²) < 4.78 is 0. The number of carbonyl (C=O) groups is 2. The van der Waals surface area contributed by atoms with Gasteiger partial charge < -0.3 is 10.4 Å². The van der Waals surface area contributed by atoms with Crippen LogP contribution < -0.4 is 15.2 Å². The monoisotopic (exact) mass is 378 g/mol. The Morgan fingerprint density at radius 1 is 1.25 bits per heavy atom. The third-order valence-electron chi connectivity index (χ3n) is 4.58. The Labute approximate surface area is 163 Å². The molecule has 7 nitrogen and oxygen atoms in total. The first-order valence-electron chi connectivity index (χ1n) is 8.93. The minimum Gasteiger partial charge on any atom is -0.465 e. The molecule has 1 heterocycles. The van der Waals surface area contributed by atoms with Crippen LogP contribution in [0.25, 0.3) is 0 Å². The van der Waals surface area contributed by atoms with Gasteiger partial charge in [0.15, 0.2) is 0 Å². The Balaban J connectivity index is 1.85. The Kier molecular flexibility index (Phi) is 5.44. The van der Waals surface area contributed by atoms with Gasteiger partial charge in [0.2, 0.25) is 0 Å². The molecule has 1 aliphatic heterocycles. The predicted octanol–water partition coefficient (Wildman–Crippen LogP) is 4.08. The van der Waals surface area contributed by atoms with Crippen molar-refractivity contribution < 1.29 is 14.7 Å². The summed E-state index contributed by atoms with van der Waals surface area (Å²) in [6, 6.07) is 14.6. The van der Waals surface area contributed by atoms with Crippen molar-refractivity contribution in [2.24, 2.45) is 5.10 Å². The fourth-order valence-electron chi connectivity index (χ4n) is 2.92. The van der Waals surface area contributed by atoms with Crippen LogP contribution in [0.4, 0.5) is 21.9 Å². The number of carboxylic acid groups (broad SMARTS) is 1. The van der Waals surface area contributed by atoms with E-state index in [1.807, 2.05) is 24.3 Å². The van der Waals surface area contributed by atoms with Gasteiger partial charge in [-0.25, -0.2) is 4.79 Å². The molecular weight excluding hydrogens is 356 g/mol. The molecule has 2 N–H and O–H groups in total. The number of nitrogens with one attached hydrogen (secondary N) is 1. The molecular formula is C21H22N4O3. The second-order valence-corrected chi connectivity index (χ2v) is 6.38. The number of anilines is 3. The maximum absolute atomic E-state index is 12.9. The fraction of sp³-hybridized carbons (Fsp3) is 0.190. The summed E-state index contributed by atoms with van der Waals surface area (Å²) in [5.74, 6) is -0.269. The second kappa shape index (κ2) is 7.96. The van der Waals surface area contributed by atoms with Crippen molar-refractivity contribution in [3.05, 3.63) is 65.9 Å². The summed E-state index contributed by atoms with van der Waals surface area (Å²) >= 11 is 0. The zero-order chi connectivity index (χ0) is 20.3. The largest absolute Gasteiger partial charge is 0.465 e. The highest BCUT2D eigenvalue weighted by molar-refractivity contribution is 6.29. The summed E-state index contributed by atoms with van der Waals surface area (Å²) in [5, 5.41) is 18.0. The van der Waals surface area contributed by atoms with E-state index >= 15 is 0 Å². The summed E-state index contributed by atoms with van der Waals surface area (Å²) in [6.45, 7) is 3.84. The van der Waals surface area contributed by atoms with Crippen LogP contribution in [0.3, 0.4) is 0 Å². The van der Waals surface area contributed by atoms with Crippen LogP contribution in [0.1, 0.15) is 19.4 Å². The number of hydrogen-bond acceptors (Lipinski definition) is 4. The molecule has 0 aliphatic carbocycles. The molecule has 2 amide bonds. The maximum atomic E-state index is 12.9. The SMILES string of the molecule is CCc1ccccc1N/C=C1/C(=O)N(c2cccc(N(C)C(=O)O)c2)N=C1C. The van der Waals surface area contributed by atoms with Gasteiger partial charge in [0.1, 0.15) is 0 Å². The Morgan fingerprint density at radius 3 is 2.71 bits per heavy atom. The smallest absolute Gasteiger partial charge is 0.411 e. The number of hydrogen-bond donors (Lipinski definition) is 2. The molecule has 0 saturated carbocycles. The van der Waals surface area contributed by atoms with Crippen LogP contribution in [0, 0.1) is 0 Å². The van der Waals surface area contributed by atoms with Gasteiger partial charge in [0.25, 0.3) is 5.91 Å². The van der Waals surface area contributed by atoms with Gasteiger partial charge >= 0.3 is 6.09 Å². The van der Waals surface area contributed by atoms with Gasteiger partial charge in [-0.1, -0.05) is 31.2 Å². The predicted molar refractivity (Wildman–Crippen MR) is 111 cm³/mol.